The zero-order valence-corrected chi connectivity index (χ0v) is 42.7. The Hall–Kier alpha value is -5.59. The molecular formula is C62H72O11. The number of hydrogen-bond acceptors (Lipinski definition) is 11. The van der Waals surface area contributed by atoms with E-state index in [9.17, 15) is 20.1 Å². The number of hydrogen-bond donors (Lipinski definition) is 3. The lowest BCUT2D eigenvalue weighted by atomic mass is 9.68. The molecule has 386 valence electrons. The van der Waals surface area contributed by atoms with Crippen molar-refractivity contribution in [2.45, 2.75) is 152 Å². The minimum atomic E-state index is -1.30. The fourth-order valence-electron chi connectivity index (χ4n) is 14.0. The van der Waals surface area contributed by atoms with Crippen LogP contribution in [0, 0.1) is 17.3 Å². The maximum atomic E-state index is 15.4. The van der Waals surface area contributed by atoms with Crippen LogP contribution in [0.5, 0.6) is 5.75 Å². The Morgan fingerprint density at radius 3 is 2.36 bits per heavy atom. The molecule has 0 amide bonds. The smallest absolute Gasteiger partial charge is 0.340 e. The molecule has 0 unspecified atom stereocenters. The van der Waals surface area contributed by atoms with Crippen LogP contribution in [0.25, 0.3) is 11.0 Å². The number of carbonyl (C=O) groups is 2. The summed E-state index contributed by atoms with van der Waals surface area (Å²) in [5.74, 6) is -1.27. The predicted molar refractivity (Wildman–Crippen MR) is 278 cm³/mol. The maximum Gasteiger partial charge on any atom is 0.340 e. The molecule has 0 saturated heterocycles. The number of ether oxygens (including phenoxy) is 4. The van der Waals surface area contributed by atoms with Gasteiger partial charge in [0, 0.05) is 48.5 Å². The third-order valence-electron chi connectivity index (χ3n) is 17.9. The molecule has 11 nitrogen and oxygen atoms in total. The minimum Gasteiger partial charge on any atom is -0.483 e. The zero-order valence-electron chi connectivity index (χ0n) is 42.7. The molecule has 1 aromatic heterocycles. The molecule has 3 fully saturated rings. The third kappa shape index (κ3) is 10.2. The van der Waals surface area contributed by atoms with Crippen LogP contribution in [-0.4, -0.2) is 65.9 Å². The summed E-state index contributed by atoms with van der Waals surface area (Å²) in [5.41, 5.74) is 5.82. The Kier molecular flexibility index (Phi) is 15.1. The van der Waals surface area contributed by atoms with Gasteiger partial charge in [-0.1, -0.05) is 91.7 Å². The first-order chi connectivity index (χ1) is 35.4. The lowest BCUT2D eigenvalue weighted by Crippen LogP contribution is -2.58. The highest BCUT2D eigenvalue weighted by molar-refractivity contribution is 5.90. The SMILES string of the molecule is COC[C@@H](CCO)c1c(CO)c2ccc3c(c2oc1=O)[C@H]1OC(=O)C[C@@H]2C[C@H](c4cccc(Cc5ccccc5)c4)CC[C@H]2c2ccc(cc2)CC/C(=C(\C)CO)C(=O)O[C@@H]1[C@](C)([C@H]1CCC2(CCCC2)C1)O3. The van der Waals surface area contributed by atoms with E-state index in [1.807, 2.05) is 13.0 Å². The predicted octanol–water partition coefficient (Wildman–Crippen LogP) is 11.0. The first-order valence-corrected chi connectivity index (χ1v) is 26.9. The normalized spacial score (nSPS) is 27.2. The van der Waals surface area contributed by atoms with Gasteiger partial charge < -0.3 is 38.7 Å². The van der Waals surface area contributed by atoms with Crippen molar-refractivity contribution in [1.29, 1.82) is 0 Å². The van der Waals surface area contributed by atoms with Crippen molar-refractivity contribution >= 4 is 22.9 Å². The van der Waals surface area contributed by atoms with Gasteiger partial charge in [0.05, 0.1) is 25.4 Å². The minimum absolute atomic E-state index is 0.0654. The number of aliphatic hydroxyl groups is 3. The number of fused-ring (bicyclic) bond motifs is 11. The molecule has 3 aliphatic heterocycles. The fraction of sp³-hybridized carbons (Fsp3) is 0.500. The van der Waals surface area contributed by atoms with Crippen LogP contribution < -0.4 is 10.4 Å². The first-order valence-electron chi connectivity index (χ1n) is 26.9. The van der Waals surface area contributed by atoms with Crippen LogP contribution in [0.4, 0.5) is 0 Å². The third-order valence-corrected chi connectivity index (χ3v) is 17.9. The van der Waals surface area contributed by atoms with Crippen LogP contribution in [0.15, 0.2) is 111 Å². The van der Waals surface area contributed by atoms with Crippen molar-refractivity contribution in [3.63, 3.8) is 0 Å². The van der Waals surface area contributed by atoms with Crippen molar-refractivity contribution < 1.29 is 48.3 Å². The number of aryl methyl sites for hydroxylation is 1. The van der Waals surface area contributed by atoms with E-state index in [-0.39, 0.29) is 78.5 Å². The molecular weight excluding hydrogens is 921 g/mol. The topological polar surface area (TPSA) is 162 Å². The number of rotatable bonds is 11. The molecule has 0 radical (unpaired) electrons. The van der Waals surface area contributed by atoms with Crippen LogP contribution in [0.1, 0.15) is 166 Å². The average molecular weight is 993 g/mol. The largest absolute Gasteiger partial charge is 0.483 e. The van der Waals surface area contributed by atoms with Crippen molar-refractivity contribution in [3.05, 3.63) is 157 Å². The summed E-state index contributed by atoms with van der Waals surface area (Å²) in [7, 11) is 1.51. The Labute approximate surface area is 428 Å². The van der Waals surface area contributed by atoms with E-state index >= 15 is 9.59 Å². The molecule has 3 aliphatic carbocycles. The molecule has 73 heavy (non-hydrogen) atoms. The molecule has 1 spiro atoms. The quantitative estimate of drug-likeness (QED) is 0.0656. The van der Waals surface area contributed by atoms with E-state index in [0.717, 1.165) is 81.8 Å². The highest BCUT2D eigenvalue weighted by Gasteiger charge is 2.60. The Morgan fingerprint density at radius 2 is 1.62 bits per heavy atom. The van der Waals surface area contributed by atoms with E-state index in [4.69, 9.17) is 23.4 Å². The zero-order chi connectivity index (χ0) is 50.9. The van der Waals surface area contributed by atoms with Gasteiger partial charge in [-0.05, 0) is 165 Å². The summed E-state index contributed by atoms with van der Waals surface area (Å²) < 4.78 is 32.9. The van der Waals surface area contributed by atoms with Crippen molar-refractivity contribution in [1.82, 2.24) is 0 Å². The Morgan fingerprint density at radius 1 is 0.836 bits per heavy atom. The highest BCUT2D eigenvalue weighted by atomic mass is 16.6. The van der Waals surface area contributed by atoms with Crippen LogP contribution in [0.3, 0.4) is 0 Å². The van der Waals surface area contributed by atoms with Gasteiger partial charge >= 0.3 is 17.6 Å². The van der Waals surface area contributed by atoms with Gasteiger partial charge in [-0.15, -0.1) is 0 Å². The van der Waals surface area contributed by atoms with Gasteiger partial charge in [0.1, 0.15) is 16.9 Å². The van der Waals surface area contributed by atoms with E-state index < -0.39 is 47.9 Å². The van der Waals surface area contributed by atoms with E-state index in [1.54, 1.807) is 19.1 Å². The second-order valence-corrected chi connectivity index (χ2v) is 22.3. The van der Waals surface area contributed by atoms with Gasteiger partial charge in [-0.25, -0.2) is 9.59 Å². The van der Waals surface area contributed by atoms with Crippen molar-refractivity contribution in [2.24, 2.45) is 17.3 Å². The summed E-state index contributed by atoms with van der Waals surface area (Å²) in [6, 6.07) is 31.5. The molecule has 2 bridgehead atoms. The van der Waals surface area contributed by atoms with E-state index in [2.05, 4.69) is 72.8 Å². The number of aliphatic hydroxyl groups excluding tert-OH is 3. The second-order valence-electron chi connectivity index (χ2n) is 22.3. The lowest BCUT2D eigenvalue weighted by Gasteiger charge is -2.48. The molecule has 3 saturated carbocycles. The van der Waals surface area contributed by atoms with Gasteiger partial charge in [0.25, 0.3) is 0 Å². The molecule has 4 aromatic carbocycles. The summed E-state index contributed by atoms with van der Waals surface area (Å²) in [6.07, 6.45) is 9.25. The number of carbonyl (C=O) groups excluding carboxylic acids is 2. The summed E-state index contributed by atoms with van der Waals surface area (Å²) in [4.78, 5) is 44.9. The number of methoxy groups -OCH3 is 1. The first kappa shape index (κ1) is 50.9. The standard InChI is InChI=1S/C62H72O11/c1-38(35-64)48-20-16-39-14-17-42(18-15-39)49-21-19-44(43-13-9-12-41(31-43)30-40-10-5-4-6-11-40)32-46(49)33-53(66)70-57-55-52(23-22-50-51(36-65)54(60(68)71-56(50)55)45(25-29-63)37-69-3)73-61(2,58(57)72-59(48)67)47-24-28-62(34-47)26-7-8-27-62/h4-6,9-15,17-18,22-23,31,44-47,49,57-58,63-65H,7-8,16,19-21,24-30,32-37H2,1-3H3/b48-38-/t44-,45-,46+,47+,49+,57-,58+,61+/m1/s1. The van der Waals surface area contributed by atoms with Crippen molar-refractivity contribution in [3.8, 4) is 5.75 Å². The molecule has 5 aromatic rings. The lowest BCUT2D eigenvalue weighted by molar-refractivity contribution is -0.199. The molecule has 8 atom stereocenters. The van der Waals surface area contributed by atoms with Gasteiger partial charge in [-0.2, -0.15) is 0 Å². The van der Waals surface area contributed by atoms with E-state index in [1.165, 1.54) is 23.8 Å². The number of esters is 2. The Bertz CT molecular complexity index is 2870. The maximum absolute atomic E-state index is 15.4. The number of benzene rings is 4. The molecule has 4 heterocycles. The summed E-state index contributed by atoms with van der Waals surface area (Å²) >= 11 is 0. The summed E-state index contributed by atoms with van der Waals surface area (Å²) in [6.45, 7) is 2.73. The molecule has 3 N–H and O–H groups in total. The monoisotopic (exact) mass is 993 g/mol. The molecule has 11 rings (SSSR count). The molecule has 11 heteroatoms. The van der Waals surface area contributed by atoms with Crippen molar-refractivity contribution in [2.75, 3.05) is 26.9 Å². The molecule has 6 aliphatic rings. The average Bonchev–Trinajstić information content (AvgIpc) is 4.06. The highest BCUT2D eigenvalue weighted by Crippen LogP contribution is 2.59. The van der Waals surface area contributed by atoms with Gasteiger partial charge in [0.2, 0.25) is 0 Å². The van der Waals surface area contributed by atoms with E-state index in [0.29, 0.717) is 40.7 Å². The van der Waals surface area contributed by atoms with Gasteiger partial charge in [0.15, 0.2) is 12.2 Å². The fourth-order valence-corrected chi connectivity index (χ4v) is 14.0. The van der Waals surface area contributed by atoms with Crippen LogP contribution >= 0.6 is 0 Å². The summed E-state index contributed by atoms with van der Waals surface area (Å²) in [5, 5.41) is 32.1. The van der Waals surface area contributed by atoms with Crippen LogP contribution in [-0.2, 0) is 43.2 Å². The van der Waals surface area contributed by atoms with Crippen LogP contribution in [0.2, 0.25) is 0 Å². The Balaban J connectivity index is 1.11. The second kappa shape index (κ2) is 21.7. The van der Waals surface area contributed by atoms with Gasteiger partial charge in [-0.3, -0.25) is 4.79 Å².